The highest BCUT2D eigenvalue weighted by Gasteiger charge is 2.35. The average Bonchev–Trinajstić information content (AvgIpc) is 2.67. The third kappa shape index (κ3) is 5.38. The van der Waals surface area contributed by atoms with Gasteiger partial charge in [0.15, 0.2) is 0 Å². The number of carboxylic acid groups (broad SMARTS) is 1. The lowest BCUT2D eigenvalue weighted by Crippen LogP contribution is -2.44. The van der Waals surface area contributed by atoms with E-state index in [4.69, 9.17) is 0 Å². The van der Waals surface area contributed by atoms with Gasteiger partial charge in [0.05, 0.1) is 4.90 Å². The first-order valence-electron chi connectivity index (χ1n) is 8.36. The standard InChI is InChI=1S/C19H22N2O5S/c1-19(18(23)24,15-8-4-2-5-9-15)14-20-17(22)12-13-21-27(25,26)16-10-6-3-7-11-16/h2-11,21H,12-14H2,1H3,(H,20,22)(H,23,24). The van der Waals surface area contributed by atoms with Crippen molar-refractivity contribution in [3.8, 4) is 0 Å². The zero-order chi connectivity index (χ0) is 19.9. The van der Waals surface area contributed by atoms with Crippen molar-refractivity contribution >= 4 is 21.9 Å². The minimum atomic E-state index is -3.68. The van der Waals surface area contributed by atoms with Crippen LogP contribution in [-0.2, 0) is 25.0 Å². The number of aliphatic carboxylic acids is 1. The fraction of sp³-hybridized carbons (Fsp3) is 0.263. The predicted octanol–water partition coefficient (Wildman–Crippen LogP) is 1.51. The van der Waals surface area contributed by atoms with Crippen molar-refractivity contribution in [2.24, 2.45) is 0 Å². The van der Waals surface area contributed by atoms with E-state index in [-0.39, 0.29) is 24.4 Å². The van der Waals surface area contributed by atoms with Gasteiger partial charge in [0, 0.05) is 19.5 Å². The lowest BCUT2D eigenvalue weighted by molar-refractivity contribution is -0.143. The smallest absolute Gasteiger partial charge is 0.315 e. The van der Waals surface area contributed by atoms with E-state index in [9.17, 15) is 23.1 Å². The third-order valence-electron chi connectivity index (χ3n) is 4.22. The van der Waals surface area contributed by atoms with Gasteiger partial charge in [0.1, 0.15) is 5.41 Å². The van der Waals surface area contributed by atoms with E-state index >= 15 is 0 Å². The maximum absolute atomic E-state index is 12.1. The van der Waals surface area contributed by atoms with Crippen LogP contribution in [-0.4, -0.2) is 38.5 Å². The summed E-state index contributed by atoms with van der Waals surface area (Å²) in [6.45, 7) is 1.35. The van der Waals surface area contributed by atoms with Crippen LogP contribution >= 0.6 is 0 Å². The highest BCUT2D eigenvalue weighted by molar-refractivity contribution is 7.89. The van der Waals surface area contributed by atoms with E-state index < -0.39 is 27.3 Å². The number of carbonyl (C=O) groups excluding carboxylic acids is 1. The number of sulfonamides is 1. The molecule has 2 aromatic rings. The first-order valence-corrected chi connectivity index (χ1v) is 9.84. The second-order valence-electron chi connectivity index (χ2n) is 6.24. The third-order valence-corrected chi connectivity index (χ3v) is 5.70. The number of benzene rings is 2. The van der Waals surface area contributed by atoms with Crippen LogP contribution in [0.2, 0.25) is 0 Å². The van der Waals surface area contributed by atoms with Gasteiger partial charge in [0.25, 0.3) is 0 Å². The predicted molar refractivity (Wildman–Crippen MR) is 101 cm³/mol. The largest absolute Gasteiger partial charge is 0.481 e. The number of hydrogen-bond donors (Lipinski definition) is 3. The molecule has 3 N–H and O–H groups in total. The Kier molecular flexibility index (Phi) is 6.70. The molecule has 0 aliphatic heterocycles. The molecule has 2 aromatic carbocycles. The van der Waals surface area contributed by atoms with Crippen molar-refractivity contribution in [3.05, 3.63) is 66.2 Å². The topological polar surface area (TPSA) is 113 Å². The molecule has 0 saturated carbocycles. The van der Waals surface area contributed by atoms with Gasteiger partial charge >= 0.3 is 5.97 Å². The Hall–Kier alpha value is -2.71. The zero-order valence-corrected chi connectivity index (χ0v) is 15.7. The van der Waals surface area contributed by atoms with Gasteiger partial charge in [-0.05, 0) is 24.6 Å². The molecule has 0 spiro atoms. The van der Waals surface area contributed by atoms with Gasteiger partial charge in [-0.1, -0.05) is 48.5 Å². The molecule has 27 heavy (non-hydrogen) atoms. The first kappa shape index (κ1) is 20.6. The van der Waals surface area contributed by atoms with Crippen LogP contribution in [0, 0.1) is 0 Å². The molecule has 0 fully saturated rings. The van der Waals surface area contributed by atoms with Gasteiger partial charge < -0.3 is 10.4 Å². The van der Waals surface area contributed by atoms with Crippen molar-refractivity contribution < 1.29 is 23.1 Å². The summed E-state index contributed by atoms with van der Waals surface area (Å²) in [5, 5.41) is 12.1. The molecule has 144 valence electrons. The molecule has 0 aromatic heterocycles. The molecule has 1 unspecified atom stereocenters. The lowest BCUT2D eigenvalue weighted by atomic mass is 9.82. The van der Waals surface area contributed by atoms with Gasteiger partial charge in [-0.3, -0.25) is 9.59 Å². The second kappa shape index (κ2) is 8.79. The second-order valence-corrected chi connectivity index (χ2v) is 8.01. The summed E-state index contributed by atoms with van der Waals surface area (Å²) < 4.78 is 26.5. The van der Waals surface area contributed by atoms with E-state index in [0.717, 1.165) is 0 Å². The number of carbonyl (C=O) groups is 2. The molecule has 0 heterocycles. The number of hydrogen-bond acceptors (Lipinski definition) is 4. The summed E-state index contributed by atoms with van der Waals surface area (Å²) in [5.74, 6) is -1.49. The van der Waals surface area contributed by atoms with Crippen LogP contribution in [0.5, 0.6) is 0 Å². The molecular weight excluding hydrogens is 368 g/mol. The molecule has 8 heteroatoms. The summed E-state index contributed by atoms with van der Waals surface area (Å²) in [6.07, 6.45) is -0.101. The molecule has 0 bridgehead atoms. The fourth-order valence-electron chi connectivity index (χ4n) is 2.45. The van der Waals surface area contributed by atoms with Crippen molar-refractivity contribution in [2.75, 3.05) is 13.1 Å². The zero-order valence-electron chi connectivity index (χ0n) is 14.9. The highest BCUT2D eigenvalue weighted by Crippen LogP contribution is 2.23. The minimum absolute atomic E-state index is 0.0851. The minimum Gasteiger partial charge on any atom is -0.481 e. The molecule has 0 saturated heterocycles. The van der Waals surface area contributed by atoms with Gasteiger partial charge in [-0.25, -0.2) is 13.1 Å². The van der Waals surface area contributed by atoms with Crippen molar-refractivity contribution in [1.29, 1.82) is 0 Å². The Labute approximate surface area is 158 Å². The Morgan fingerprint density at radius 2 is 1.56 bits per heavy atom. The number of amides is 1. The van der Waals surface area contributed by atoms with E-state index in [2.05, 4.69) is 10.0 Å². The quantitative estimate of drug-likeness (QED) is 0.601. The SMILES string of the molecule is CC(CNC(=O)CCNS(=O)(=O)c1ccccc1)(C(=O)O)c1ccccc1. The molecule has 0 aliphatic rings. The van der Waals surface area contributed by atoms with Gasteiger partial charge in [-0.2, -0.15) is 0 Å². The van der Waals surface area contributed by atoms with Crippen LogP contribution in [0.15, 0.2) is 65.6 Å². The lowest BCUT2D eigenvalue weighted by Gasteiger charge is -2.25. The number of rotatable bonds is 9. The maximum atomic E-state index is 12.1. The average molecular weight is 390 g/mol. The van der Waals surface area contributed by atoms with Gasteiger partial charge in [-0.15, -0.1) is 0 Å². The fourth-order valence-corrected chi connectivity index (χ4v) is 3.51. The van der Waals surface area contributed by atoms with Crippen molar-refractivity contribution in [3.63, 3.8) is 0 Å². The molecule has 0 radical (unpaired) electrons. The summed E-state index contributed by atoms with van der Waals surface area (Å²) in [4.78, 5) is 23.8. The van der Waals surface area contributed by atoms with Crippen LogP contribution < -0.4 is 10.0 Å². The maximum Gasteiger partial charge on any atom is 0.315 e. The molecule has 1 amide bonds. The molecule has 2 rings (SSSR count). The van der Waals surface area contributed by atoms with E-state index in [1.165, 1.54) is 19.1 Å². The molecular formula is C19H22N2O5S. The summed E-state index contributed by atoms with van der Waals surface area (Å²) >= 11 is 0. The summed E-state index contributed by atoms with van der Waals surface area (Å²) in [7, 11) is -3.68. The monoisotopic (exact) mass is 390 g/mol. The van der Waals surface area contributed by atoms with Crippen LogP contribution in [0.1, 0.15) is 18.9 Å². The van der Waals surface area contributed by atoms with E-state index in [1.807, 2.05) is 0 Å². The number of nitrogens with one attached hydrogen (secondary N) is 2. The Bertz CT molecular complexity index is 885. The summed E-state index contributed by atoms with van der Waals surface area (Å²) in [6, 6.07) is 16.5. The summed E-state index contributed by atoms with van der Waals surface area (Å²) in [5.41, 5.74) is -0.705. The normalized spacial score (nSPS) is 13.5. The van der Waals surface area contributed by atoms with Crippen LogP contribution in [0.4, 0.5) is 0 Å². The van der Waals surface area contributed by atoms with Crippen molar-refractivity contribution in [2.45, 2.75) is 23.7 Å². The molecule has 0 aliphatic carbocycles. The van der Waals surface area contributed by atoms with Crippen LogP contribution in [0.25, 0.3) is 0 Å². The Morgan fingerprint density at radius 1 is 1.00 bits per heavy atom. The first-order chi connectivity index (χ1) is 12.8. The van der Waals surface area contributed by atoms with Gasteiger partial charge in [0.2, 0.25) is 15.9 Å². The number of carboxylic acids is 1. The molecule has 7 nitrogen and oxygen atoms in total. The van der Waals surface area contributed by atoms with E-state index in [0.29, 0.717) is 5.56 Å². The van der Waals surface area contributed by atoms with Crippen LogP contribution in [0.3, 0.4) is 0 Å². The van der Waals surface area contributed by atoms with Crippen molar-refractivity contribution in [1.82, 2.24) is 10.0 Å². The van der Waals surface area contributed by atoms with E-state index in [1.54, 1.807) is 48.5 Å². The Balaban J connectivity index is 1.89. The highest BCUT2D eigenvalue weighted by atomic mass is 32.2. The Morgan fingerprint density at radius 3 is 2.11 bits per heavy atom. The molecule has 1 atom stereocenters.